The van der Waals surface area contributed by atoms with Gasteiger partial charge in [-0.2, -0.15) is 0 Å². The van der Waals surface area contributed by atoms with Crippen LogP contribution in [0.25, 0.3) is 11.3 Å². The standard InChI is InChI=1S/C18H16N4O2/c1-2-3-9-23-17-7-6-13(12-21-17)10-14-11-16(24-22-14)15-5-4-8-20-18(15)19/h1,4-8,11-12H,3,9-10H2,(H2,19,20). The largest absolute Gasteiger partial charge is 0.477 e. The fraction of sp³-hybridized carbons (Fsp3) is 0.167. The average Bonchev–Trinajstić information content (AvgIpc) is 3.05. The molecule has 24 heavy (non-hydrogen) atoms. The van der Waals surface area contributed by atoms with Crippen molar-refractivity contribution < 1.29 is 9.26 Å². The molecule has 0 aliphatic rings. The summed E-state index contributed by atoms with van der Waals surface area (Å²) >= 11 is 0. The second-order valence-corrected chi connectivity index (χ2v) is 5.10. The van der Waals surface area contributed by atoms with E-state index in [0.717, 1.165) is 16.8 Å². The lowest BCUT2D eigenvalue weighted by molar-refractivity contribution is 0.314. The fourth-order valence-electron chi connectivity index (χ4n) is 2.17. The van der Waals surface area contributed by atoms with Crippen molar-refractivity contribution in [2.24, 2.45) is 0 Å². The van der Waals surface area contributed by atoms with E-state index in [1.807, 2.05) is 24.3 Å². The molecule has 0 aliphatic carbocycles. The summed E-state index contributed by atoms with van der Waals surface area (Å²) in [5.41, 5.74) is 8.36. The molecular formula is C18H16N4O2. The molecular weight excluding hydrogens is 304 g/mol. The number of ether oxygens (including phenoxy) is 1. The first-order valence-corrected chi connectivity index (χ1v) is 7.44. The molecule has 3 rings (SSSR count). The van der Waals surface area contributed by atoms with Crippen LogP contribution in [-0.2, 0) is 6.42 Å². The van der Waals surface area contributed by atoms with E-state index in [-0.39, 0.29) is 0 Å². The first-order chi connectivity index (χ1) is 11.8. The van der Waals surface area contributed by atoms with Gasteiger partial charge in [0.15, 0.2) is 5.76 Å². The van der Waals surface area contributed by atoms with Gasteiger partial charge in [0, 0.05) is 37.4 Å². The number of nitrogen functional groups attached to an aromatic ring is 1. The van der Waals surface area contributed by atoms with Crippen LogP contribution in [0.15, 0.2) is 47.2 Å². The van der Waals surface area contributed by atoms with Crippen molar-refractivity contribution in [3.8, 4) is 29.5 Å². The molecule has 120 valence electrons. The van der Waals surface area contributed by atoms with Crippen LogP contribution in [0.3, 0.4) is 0 Å². The predicted octanol–water partition coefficient (Wildman–Crippen LogP) is 2.71. The van der Waals surface area contributed by atoms with E-state index >= 15 is 0 Å². The number of terminal acetylenes is 1. The summed E-state index contributed by atoms with van der Waals surface area (Å²) in [6.07, 6.45) is 9.72. The SMILES string of the molecule is C#CCCOc1ccc(Cc2cc(-c3cccnc3N)on2)cn1. The topological polar surface area (TPSA) is 87.1 Å². The molecule has 3 heterocycles. The van der Waals surface area contributed by atoms with Crippen molar-refractivity contribution in [1.29, 1.82) is 0 Å². The number of hydrogen-bond acceptors (Lipinski definition) is 6. The zero-order chi connectivity index (χ0) is 16.8. The summed E-state index contributed by atoms with van der Waals surface area (Å²) in [4.78, 5) is 8.29. The summed E-state index contributed by atoms with van der Waals surface area (Å²) in [7, 11) is 0. The number of nitrogens with two attached hydrogens (primary N) is 1. The van der Waals surface area contributed by atoms with Crippen molar-refractivity contribution in [3.05, 3.63) is 54.0 Å². The maximum absolute atomic E-state index is 5.85. The van der Waals surface area contributed by atoms with Crippen LogP contribution in [0.5, 0.6) is 5.88 Å². The van der Waals surface area contributed by atoms with Crippen LogP contribution < -0.4 is 10.5 Å². The molecule has 0 bridgehead atoms. The number of anilines is 1. The molecule has 0 aliphatic heterocycles. The van der Waals surface area contributed by atoms with E-state index in [2.05, 4.69) is 21.0 Å². The number of rotatable bonds is 6. The highest BCUT2D eigenvalue weighted by molar-refractivity contribution is 5.69. The van der Waals surface area contributed by atoms with Gasteiger partial charge in [0.1, 0.15) is 12.4 Å². The van der Waals surface area contributed by atoms with E-state index < -0.39 is 0 Å². The summed E-state index contributed by atoms with van der Waals surface area (Å²) in [5.74, 6) is 4.08. The van der Waals surface area contributed by atoms with Gasteiger partial charge in [-0.1, -0.05) is 11.2 Å². The van der Waals surface area contributed by atoms with Crippen LogP contribution in [-0.4, -0.2) is 21.7 Å². The van der Waals surface area contributed by atoms with E-state index in [4.69, 9.17) is 21.4 Å². The number of nitrogens with zero attached hydrogens (tertiary/aromatic N) is 3. The van der Waals surface area contributed by atoms with Crippen LogP contribution in [0.4, 0.5) is 5.82 Å². The van der Waals surface area contributed by atoms with Gasteiger partial charge in [0.25, 0.3) is 0 Å². The smallest absolute Gasteiger partial charge is 0.213 e. The lowest BCUT2D eigenvalue weighted by Gasteiger charge is -2.03. The third-order valence-electron chi connectivity index (χ3n) is 3.34. The Kier molecular flexibility index (Phi) is 4.73. The van der Waals surface area contributed by atoms with E-state index in [1.54, 1.807) is 18.5 Å². The molecule has 0 unspecified atom stereocenters. The van der Waals surface area contributed by atoms with Crippen molar-refractivity contribution in [2.45, 2.75) is 12.8 Å². The van der Waals surface area contributed by atoms with Crippen molar-refractivity contribution >= 4 is 5.82 Å². The molecule has 3 aromatic rings. The van der Waals surface area contributed by atoms with Crippen LogP contribution in [0.1, 0.15) is 17.7 Å². The van der Waals surface area contributed by atoms with Crippen LogP contribution in [0.2, 0.25) is 0 Å². The van der Waals surface area contributed by atoms with E-state index in [9.17, 15) is 0 Å². The molecule has 0 saturated carbocycles. The highest BCUT2D eigenvalue weighted by Crippen LogP contribution is 2.25. The highest BCUT2D eigenvalue weighted by atomic mass is 16.5. The number of pyridine rings is 2. The zero-order valence-electron chi connectivity index (χ0n) is 13.0. The molecule has 6 heteroatoms. The minimum atomic E-state index is 0.412. The fourth-order valence-corrected chi connectivity index (χ4v) is 2.17. The van der Waals surface area contributed by atoms with Crippen molar-refractivity contribution in [1.82, 2.24) is 15.1 Å². The van der Waals surface area contributed by atoms with Gasteiger partial charge in [0.05, 0.1) is 11.3 Å². The molecule has 6 nitrogen and oxygen atoms in total. The van der Waals surface area contributed by atoms with Crippen LogP contribution >= 0.6 is 0 Å². The summed E-state index contributed by atoms with van der Waals surface area (Å²) in [6, 6.07) is 9.24. The summed E-state index contributed by atoms with van der Waals surface area (Å²) in [6.45, 7) is 0.460. The Hall–Kier alpha value is -3.33. The number of aromatic nitrogens is 3. The maximum Gasteiger partial charge on any atom is 0.213 e. The maximum atomic E-state index is 5.85. The van der Waals surface area contributed by atoms with Gasteiger partial charge in [0.2, 0.25) is 5.88 Å². The van der Waals surface area contributed by atoms with E-state index in [0.29, 0.717) is 36.9 Å². The second-order valence-electron chi connectivity index (χ2n) is 5.10. The minimum Gasteiger partial charge on any atom is -0.477 e. The Labute approximate surface area is 139 Å². The quantitative estimate of drug-likeness (QED) is 0.555. The van der Waals surface area contributed by atoms with Gasteiger partial charge < -0.3 is 15.0 Å². The average molecular weight is 320 g/mol. The van der Waals surface area contributed by atoms with Gasteiger partial charge in [-0.05, 0) is 17.7 Å². The van der Waals surface area contributed by atoms with Gasteiger partial charge >= 0.3 is 0 Å². The number of hydrogen-bond donors (Lipinski definition) is 1. The molecule has 0 amide bonds. The third-order valence-corrected chi connectivity index (χ3v) is 3.34. The lowest BCUT2D eigenvalue weighted by atomic mass is 10.1. The summed E-state index contributed by atoms with van der Waals surface area (Å²) < 4.78 is 10.8. The van der Waals surface area contributed by atoms with Gasteiger partial charge in [-0.3, -0.25) is 0 Å². The Balaban J connectivity index is 1.67. The van der Waals surface area contributed by atoms with Crippen molar-refractivity contribution in [3.63, 3.8) is 0 Å². The molecule has 0 saturated heterocycles. The third kappa shape index (κ3) is 3.70. The minimum absolute atomic E-state index is 0.412. The first-order valence-electron chi connectivity index (χ1n) is 7.44. The molecule has 0 atom stereocenters. The first kappa shape index (κ1) is 15.6. The Morgan fingerprint density at radius 2 is 2.17 bits per heavy atom. The van der Waals surface area contributed by atoms with Gasteiger partial charge in [-0.15, -0.1) is 12.3 Å². The lowest BCUT2D eigenvalue weighted by Crippen LogP contribution is -1.98. The Bertz CT molecular complexity index is 850. The van der Waals surface area contributed by atoms with Crippen LogP contribution in [0, 0.1) is 12.3 Å². The van der Waals surface area contributed by atoms with Gasteiger partial charge in [-0.25, -0.2) is 9.97 Å². The second kappa shape index (κ2) is 7.29. The monoisotopic (exact) mass is 320 g/mol. The normalized spacial score (nSPS) is 10.3. The molecule has 0 radical (unpaired) electrons. The molecule has 0 spiro atoms. The molecule has 0 aromatic carbocycles. The predicted molar refractivity (Wildman–Crippen MR) is 90.1 cm³/mol. The van der Waals surface area contributed by atoms with Crippen molar-refractivity contribution in [2.75, 3.05) is 12.3 Å². The van der Waals surface area contributed by atoms with E-state index in [1.165, 1.54) is 0 Å². The molecule has 0 fully saturated rings. The molecule has 3 aromatic heterocycles. The Morgan fingerprint density at radius 3 is 2.92 bits per heavy atom. The Morgan fingerprint density at radius 1 is 1.25 bits per heavy atom. The highest BCUT2D eigenvalue weighted by Gasteiger charge is 2.10. The molecule has 2 N–H and O–H groups in total. The summed E-state index contributed by atoms with van der Waals surface area (Å²) in [5, 5.41) is 4.07. The zero-order valence-corrected chi connectivity index (χ0v) is 13.0.